The first-order valence-corrected chi connectivity index (χ1v) is 10.1. The van der Waals surface area contributed by atoms with Crippen LogP contribution in [-0.2, 0) is 19.5 Å². The van der Waals surface area contributed by atoms with E-state index in [0.29, 0.717) is 11.8 Å². The van der Waals surface area contributed by atoms with Gasteiger partial charge in [0.15, 0.2) is 5.96 Å². The Morgan fingerprint density at radius 3 is 2.96 bits per heavy atom. The minimum atomic E-state index is 0. The van der Waals surface area contributed by atoms with Gasteiger partial charge in [-0.1, -0.05) is 0 Å². The van der Waals surface area contributed by atoms with E-state index in [1.165, 1.54) is 18.6 Å². The molecule has 0 aliphatic carbocycles. The predicted molar refractivity (Wildman–Crippen MR) is 114 cm³/mol. The highest BCUT2D eigenvalue weighted by Crippen LogP contribution is 2.25. The molecule has 1 unspecified atom stereocenters. The SMILES string of the molecule is CN=C(NCCCn1nc2n(c1=O)CCCC2)NCC1CCCS1.I. The second-order valence-electron chi connectivity index (χ2n) is 6.40. The first-order chi connectivity index (χ1) is 11.8. The number of nitrogens with one attached hydrogen (secondary N) is 2. The molecule has 0 spiro atoms. The summed E-state index contributed by atoms with van der Waals surface area (Å²) in [6, 6.07) is 0. The minimum absolute atomic E-state index is 0. The van der Waals surface area contributed by atoms with Crippen LogP contribution in [0.15, 0.2) is 9.79 Å². The number of hydrogen-bond acceptors (Lipinski definition) is 4. The van der Waals surface area contributed by atoms with Crippen molar-refractivity contribution < 1.29 is 0 Å². The largest absolute Gasteiger partial charge is 0.356 e. The molecule has 0 amide bonds. The Morgan fingerprint density at radius 1 is 1.36 bits per heavy atom. The lowest BCUT2D eigenvalue weighted by atomic mass is 10.2. The fourth-order valence-corrected chi connectivity index (χ4v) is 4.47. The quantitative estimate of drug-likeness (QED) is 0.279. The molecular weight excluding hydrogens is 451 g/mol. The van der Waals surface area contributed by atoms with Gasteiger partial charge in [-0.25, -0.2) is 9.48 Å². The number of aromatic nitrogens is 3. The van der Waals surface area contributed by atoms with Crippen molar-refractivity contribution in [2.75, 3.05) is 25.9 Å². The molecule has 2 N–H and O–H groups in total. The van der Waals surface area contributed by atoms with Gasteiger partial charge in [0.2, 0.25) is 0 Å². The third kappa shape index (κ3) is 5.63. The number of fused-ring (bicyclic) bond motifs is 1. The smallest absolute Gasteiger partial charge is 0.345 e. The summed E-state index contributed by atoms with van der Waals surface area (Å²) in [4.78, 5) is 16.5. The van der Waals surface area contributed by atoms with Crippen LogP contribution in [0.1, 0.15) is 37.9 Å². The molecule has 1 aromatic heterocycles. The highest BCUT2D eigenvalue weighted by Gasteiger charge is 2.17. The fraction of sp³-hybridized carbons (Fsp3) is 0.812. The summed E-state index contributed by atoms with van der Waals surface area (Å²) >= 11 is 2.04. The van der Waals surface area contributed by atoms with Crippen molar-refractivity contribution >= 4 is 41.7 Å². The Morgan fingerprint density at radius 2 is 2.24 bits per heavy atom. The average molecular weight is 480 g/mol. The topological polar surface area (TPSA) is 76.2 Å². The molecule has 1 saturated heterocycles. The second kappa shape index (κ2) is 10.4. The molecule has 3 heterocycles. The van der Waals surface area contributed by atoms with E-state index in [4.69, 9.17) is 0 Å². The maximum atomic E-state index is 12.3. The molecule has 3 rings (SSSR count). The van der Waals surface area contributed by atoms with Crippen LogP contribution < -0.4 is 16.3 Å². The lowest BCUT2D eigenvalue weighted by Crippen LogP contribution is -2.40. The Hall–Kier alpha value is -0.710. The van der Waals surface area contributed by atoms with E-state index in [9.17, 15) is 4.79 Å². The summed E-state index contributed by atoms with van der Waals surface area (Å²) in [5.74, 6) is 3.08. The van der Waals surface area contributed by atoms with E-state index in [1.54, 1.807) is 11.7 Å². The van der Waals surface area contributed by atoms with Crippen molar-refractivity contribution in [3.8, 4) is 0 Å². The summed E-state index contributed by atoms with van der Waals surface area (Å²) in [6.07, 6.45) is 6.63. The monoisotopic (exact) mass is 480 g/mol. The maximum Gasteiger partial charge on any atom is 0.345 e. The van der Waals surface area contributed by atoms with Crippen LogP contribution in [-0.4, -0.2) is 51.4 Å². The van der Waals surface area contributed by atoms with Gasteiger partial charge in [0.1, 0.15) is 5.82 Å². The number of guanidine groups is 1. The molecule has 0 aromatic carbocycles. The van der Waals surface area contributed by atoms with Gasteiger partial charge in [0.05, 0.1) is 0 Å². The lowest BCUT2D eigenvalue weighted by Gasteiger charge is -2.14. The zero-order valence-corrected chi connectivity index (χ0v) is 18.0. The van der Waals surface area contributed by atoms with Crippen molar-refractivity contribution in [3.05, 3.63) is 16.3 Å². The maximum absolute atomic E-state index is 12.3. The van der Waals surface area contributed by atoms with Crippen molar-refractivity contribution in [2.24, 2.45) is 4.99 Å². The molecule has 0 radical (unpaired) electrons. The molecule has 2 aliphatic rings. The van der Waals surface area contributed by atoms with Gasteiger partial charge in [-0.05, 0) is 37.9 Å². The van der Waals surface area contributed by atoms with Gasteiger partial charge < -0.3 is 10.6 Å². The molecule has 0 bridgehead atoms. The van der Waals surface area contributed by atoms with Crippen LogP contribution >= 0.6 is 35.7 Å². The highest BCUT2D eigenvalue weighted by atomic mass is 127. The summed E-state index contributed by atoms with van der Waals surface area (Å²) in [5, 5.41) is 11.9. The van der Waals surface area contributed by atoms with Crippen LogP contribution in [0.5, 0.6) is 0 Å². The fourth-order valence-electron chi connectivity index (χ4n) is 3.27. The van der Waals surface area contributed by atoms with Crippen molar-refractivity contribution in [1.29, 1.82) is 0 Å². The van der Waals surface area contributed by atoms with Gasteiger partial charge >= 0.3 is 5.69 Å². The van der Waals surface area contributed by atoms with Crippen LogP contribution in [0.3, 0.4) is 0 Å². The van der Waals surface area contributed by atoms with Gasteiger partial charge in [0.25, 0.3) is 0 Å². The van der Waals surface area contributed by atoms with Crippen LogP contribution in [0.25, 0.3) is 0 Å². The van der Waals surface area contributed by atoms with E-state index < -0.39 is 0 Å². The molecule has 1 atom stereocenters. The lowest BCUT2D eigenvalue weighted by molar-refractivity contribution is 0.509. The number of aryl methyl sites for hydroxylation is 2. The van der Waals surface area contributed by atoms with Crippen LogP contribution in [0, 0.1) is 0 Å². The number of hydrogen-bond donors (Lipinski definition) is 2. The Kier molecular flexibility index (Phi) is 8.60. The number of thioether (sulfide) groups is 1. The highest BCUT2D eigenvalue weighted by molar-refractivity contribution is 14.0. The van der Waals surface area contributed by atoms with Crippen LogP contribution in [0.2, 0.25) is 0 Å². The summed E-state index contributed by atoms with van der Waals surface area (Å²) in [5.41, 5.74) is 0.0467. The Bertz CT molecular complexity index is 623. The third-order valence-corrected chi connectivity index (χ3v) is 6.01. The third-order valence-electron chi connectivity index (χ3n) is 4.62. The second-order valence-corrected chi connectivity index (χ2v) is 7.81. The molecule has 25 heavy (non-hydrogen) atoms. The van der Waals surface area contributed by atoms with Crippen molar-refractivity contribution in [1.82, 2.24) is 25.0 Å². The zero-order chi connectivity index (χ0) is 16.8. The van der Waals surface area contributed by atoms with Gasteiger partial charge in [0, 0.05) is 44.9 Å². The summed E-state index contributed by atoms with van der Waals surface area (Å²) in [6.45, 7) is 3.23. The molecular formula is C16H29IN6OS. The number of halogens is 1. The van der Waals surface area contributed by atoms with E-state index in [2.05, 4.69) is 20.7 Å². The molecule has 1 aromatic rings. The molecule has 7 nitrogen and oxygen atoms in total. The van der Waals surface area contributed by atoms with E-state index >= 15 is 0 Å². The van der Waals surface area contributed by atoms with Crippen molar-refractivity contribution in [3.63, 3.8) is 0 Å². The average Bonchev–Trinajstić information content (AvgIpc) is 3.23. The molecule has 0 saturated carbocycles. The Labute approximate surface area is 170 Å². The first kappa shape index (κ1) is 20.6. The zero-order valence-electron chi connectivity index (χ0n) is 14.9. The molecule has 1 fully saturated rings. The van der Waals surface area contributed by atoms with Gasteiger partial charge in [-0.15, -0.1) is 24.0 Å². The molecule has 9 heteroatoms. The predicted octanol–water partition coefficient (Wildman–Crippen LogP) is 1.45. The van der Waals surface area contributed by atoms with Crippen molar-refractivity contribution in [2.45, 2.75) is 56.9 Å². The van der Waals surface area contributed by atoms with E-state index in [-0.39, 0.29) is 29.7 Å². The normalized spacial score (nSPS) is 20.0. The first-order valence-electron chi connectivity index (χ1n) is 9.00. The summed E-state index contributed by atoms with van der Waals surface area (Å²) < 4.78 is 3.45. The standard InChI is InChI=1S/C16H28N6OS.HI/c1-17-15(19-12-13-6-4-11-24-13)18-8-5-10-22-16(23)21-9-3-2-7-14(21)20-22;/h13H,2-12H2,1H3,(H2,17,18,19);1H. The van der Waals surface area contributed by atoms with E-state index in [1.807, 2.05) is 16.3 Å². The van der Waals surface area contributed by atoms with E-state index in [0.717, 1.165) is 57.1 Å². The summed E-state index contributed by atoms with van der Waals surface area (Å²) in [7, 11) is 1.80. The van der Waals surface area contributed by atoms with Crippen LogP contribution in [0.4, 0.5) is 0 Å². The Balaban J connectivity index is 0.00000225. The number of aliphatic imine (C=N–C) groups is 1. The van der Waals surface area contributed by atoms with Gasteiger partial charge in [-0.3, -0.25) is 9.56 Å². The molecule has 2 aliphatic heterocycles. The van der Waals surface area contributed by atoms with Gasteiger partial charge in [-0.2, -0.15) is 16.9 Å². The minimum Gasteiger partial charge on any atom is -0.356 e. The number of nitrogens with zero attached hydrogens (tertiary/aromatic N) is 4. The molecule has 142 valence electrons. The number of rotatable bonds is 6.